The number of carbonyl (C=O) groups excluding carboxylic acids is 2. The lowest BCUT2D eigenvalue weighted by molar-refractivity contribution is -0.870. The van der Waals surface area contributed by atoms with Crippen molar-refractivity contribution in [2.75, 3.05) is 40.9 Å². The number of phosphoric acid groups is 1. The van der Waals surface area contributed by atoms with Crippen LogP contribution in [0.25, 0.3) is 0 Å². The van der Waals surface area contributed by atoms with Crippen LogP contribution in [0.5, 0.6) is 0 Å². The molecule has 0 radical (unpaired) electrons. The molecule has 0 rings (SSSR count). The highest BCUT2D eigenvalue weighted by molar-refractivity contribution is 7.47. The van der Waals surface area contributed by atoms with Crippen molar-refractivity contribution in [2.24, 2.45) is 0 Å². The smallest absolute Gasteiger partial charge is 0.456 e. The minimum atomic E-state index is -4.48. The van der Waals surface area contributed by atoms with Crippen LogP contribution in [0.2, 0.25) is 0 Å². The average molecular weight is 1110 g/mol. The molecule has 0 aliphatic rings. The molecule has 10 heteroatoms. The molecule has 0 aromatic carbocycles. The van der Waals surface area contributed by atoms with E-state index in [0.29, 0.717) is 23.9 Å². The molecule has 0 heterocycles. The molecule has 0 aliphatic carbocycles. The first kappa shape index (κ1) is 74.4. The number of phosphoric ester groups is 1. The summed E-state index contributed by atoms with van der Waals surface area (Å²) in [4.78, 5) is 37.7. The fraction of sp³-hybridized carbons (Fsp3) is 0.676. The van der Waals surface area contributed by atoms with E-state index in [9.17, 15) is 19.0 Å². The molecule has 3 unspecified atom stereocenters. The SMILES string of the molecule is CC/C=C/C/C=C/C/C=C/C/C=C/C/C=C/CCC(=O)NC(COP(=O)(O)OCC[N+](C)(C)C)C(/C=C\CCCCCCCCCCCCC)OC(=O)CCCCCCCCC/C=C\C/C=C\C/C=C\C/C=C\CCCCC. The number of likely N-dealkylation sites (N-methyl/N-ethyl adjacent to an activating group) is 1. The fourth-order valence-electron chi connectivity index (χ4n) is 8.32. The Balaban J connectivity index is 5.37. The zero-order valence-electron chi connectivity index (χ0n) is 50.9. The molecule has 0 saturated heterocycles. The van der Waals surface area contributed by atoms with Crippen molar-refractivity contribution in [1.82, 2.24) is 5.32 Å². The largest absolute Gasteiger partial charge is 0.472 e. The van der Waals surface area contributed by atoms with Crippen LogP contribution in [0.1, 0.15) is 245 Å². The first-order valence-electron chi connectivity index (χ1n) is 31.4. The Morgan fingerprint density at radius 3 is 1.28 bits per heavy atom. The number of carbonyl (C=O) groups is 2. The minimum absolute atomic E-state index is 0.0188. The molecule has 2 N–H and O–H groups in total. The molecule has 0 spiro atoms. The van der Waals surface area contributed by atoms with Crippen LogP contribution in [0, 0.1) is 0 Å². The van der Waals surface area contributed by atoms with E-state index in [1.165, 1.54) is 103 Å². The maximum atomic E-state index is 13.5. The van der Waals surface area contributed by atoms with E-state index >= 15 is 0 Å². The van der Waals surface area contributed by atoms with Gasteiger partial charge in [-0.25, -0.2) is 4.57 Å². The van der Waals surface area contributed by atoms with Crippen LogP contribution in [-0.2, 0) is 27.9 Å². The molecule has 0 saturated carbocycles. The van der Waals surface area contributed by atoms with E-state index in [1.54, 1.807) is 0 Å². The maximum absolute atomic E-state index is 13.5. The molecule has 1 amide bonds. The summed E-state index contributed by atoms with van der Waals surface area (Å²) in [5, 5.41) is 3.00. The van der Waals surface area contributed by atoms with Gasteiger partial charge in [0.25, 0.3) is 0 Å². The quantitative estimate of drug-likeness (QED) is 0.0205. The maximum Gasteiger partial charge on any atom is 0.472 e. The Morgan fingerprint density at radius 2 is 0.833 bits per heavy atom. The molecule has 446 valence electrons. The van der Waals surface area contributed by atoms with Gasteiger partial charge in [-0.2, -0.15) is 0 Å². The van der Waals surface area contributed by atoms with Crippen molar-refractivity contribution in [1.29, 1.82) is 0 Å². The van der Waals surface area contributed by atoms with Crippen molar-refractivity contribution in [2.45, 2.75) is 258 Å². The summed E-state index contributed by atoms with van der Waals surface area (Å²) in [5.41, 5.74) is 0. The zero-order chi connectivity index (χ0) is 57.2. The predicted octanol–water partition coefficient (Wildman–Crippen LogP) is 19.5. The van der Waals surface area contributed by atoms with Crippen LogP contribution in [-0.4, -0.2) is 74.3 Å². The van der Waals surface area contributed by atoms with E-state index in [2.05, 4.69) is 123 Å². The first-order valence-corrected chi connectivity index (χ1v) is 32.9. The number of hydrogen-bond donors (Lipinski definition) is 2. The molecule has 0 aliphatic heterocycles. The second kappa shape index (κ2) is 56.7. The Hall–Kier alpha value is -3.59. The van der Waals surface area contributed by atoms with Crippen molar-refractivity contribution >= 4 is 19.7 Å². The van der Waals surface area contributed by atoms with E-state index < -0.39 is 20.0 Å². The minimum Gasteiger partial charge on any atom is -0.456 e. The highest BCUT2D eigenvalue weighted by Crippen LogP contribution is 2.43. The Labute approximate surface area is 480 Å². The van der Waals surface area contributed by atoms with Crippen LogP contribution in [0.15, 0.2) is 122 Å². The third kappa shape index (κ3) is 57.1. The first-order chi connectivity index (χ1) is 37.9. The number of ether oxygens (including phenoxy) is 1. The van der Waals surface area contributed by atoms with E-state index in [-0.39, 0.29) is 37.9 Å². The van der Waals surface area contributed by atoms with Crippen molar-refractivity contribution in [3.8, 4) is 0 Å². The van der Waals surface area contributed by atoms with Gasteiger partial charge < -0.3 is 19.4 Å². The van der Waals surface area contributed by atoms with Crippen LogP contribution in [0.3, 0.4) is 0 Å². The summed E-state index contributed by atoms with van der Waals surface area (Å²) >= 11 is 0. The second-order valence-corrected chi connectivity index (χ2v) is 23.3. The summed E-state index contributed by atoms with van der Waals surface area (Å²) in [5.74, 6) is -0.620. The summed E-state index contributed by atoms with van der Waals surface area (Å²) in [7, 11) is 1.43. The van der Waals surface area contributed by atoms with Crippen LogP contribution in [0.4, 0.5) is 0 Å². The number of allylic oxidation sites excluding steroid dienone is 19. The molecular weight excluding hydrogens is 988 g/mol. The van der Waals surface area contributed by atoms with Crippen LogP contribution < -0.4 is 5.32 Å². The van der Waals surface area contributed by atoms with Gasteiger partial charge in [0.05, 0.1) is 33.8 Å². The van der Waals surface area contributed by atoms with Crippen molar-refractivity contribution in [3.05, 3.63) is 122 Å². The zero-order valence-corrected chi connectivity index (χ0v) is 51.8. The number of hydrogen-bond acceptors (Lipinski definition) is 6. The number of esters is 1. The van der Waals surface area contributed by atoms with E-state index in [1.807, 2.05) is 45.4 Å². The Bertz CT molecular complexity index is 1750. The summed E-state index contributed by atoms with van der Waals surface area (Å²) < 4.78 is 30.6. The van der Waals surface area contributed by atoms with Gasteiger partial charge in [0.1, 0.15) is 19.3 Å². The monoisotopic (exact) mass is 1110 g/mol. The second-order valence-electron chi connectivity index (χ2n) is 21.8. The number of unbranched alkanes of at least 4 members (excludes halogenated alkanes) is 21. The standard InChI is InChI=1S/C68H117N2O7P/c1-7-10-13-16-19-22-25-28-30-32-33-34-35-36-37-38-40-43-46-49-52-55-58-61-68(72)77-66(59-56-53-50-47-44-41-27-24-21-18-15-12-9-3)65(64-76-78(73,74)75-63-62-70(4,5)6)69-67(71)60-57-54-51-48-45-42-39-31-29-26-23-20-17-14-11-8-2/h11,14,19-20,22-23,28-31,33-34,36-37,42,45,51,54,56,59,65-66H,7-10,12-13,15-18,21,24-27,32,35,38-41,43-44,46-50,52-53,55,57-58,60-64H2,1-6H3,(H-,69,71,73,74)/p+1/b14-11+,22-19-,23-20+,30-28-,31-29+,34-33-,37-36-,45-42+,54-51+,59-56-. The summed E-state index contributed by atoms with van der Waals surface area (Å²) in [6, 6.07) is -0.901. The predicted molar refractivity (Wildman–Crippen MR) is 336 cm³/mol. The van der Waals surface area contributed by atoms with Gasteiger partial charge in [-0.1, -0.05) is 245 Å². The van der Waals surface area contributed by atoms with Gasteiger partial charge in [0, 0.05) is 12.8 Å². The highest BCUT2D eigenvalue weighted by atomic mass is 31.2. The Kier molecular flexibility index (Phi) is 54.1. The third-order valence-electron chi connectivity index (χ3n) is 13.1. The lowest BCUT2D eigenvalue weighted by Gasteiger charge is -2.27. The fourth-order valence-corrected chi connectivity index (χ4v) is 9.06. The molecule has 78 heavy (non-hydrogen) atoms. The van der Waals surface area contributed by atoms with Gasteiger partial charge in [-0.3, -0.25) is 18.6 Å². The third-order valence-corrected chi connectivity index (χ3v) is 14.1. The number of nitrogens with one attached hydrogen (secondary N) is 1. The summed E-state index contributed by atoms with van der Waals surface area (Å²) in [6.45, 7) is 6.79. The Morgan fingerprint density at radius 1 is 0.462 bits per heavy atom. The molecule has 3 atom stereocenters. The lowest BCUT2D eigenvalue weighted by atomic mass is 10.0. The number of nitrogens with zero attached hydrogens (tertiary/aromatic N) is 1. The van der Waals surface area contributed by atoms with E-state index in [4.69, 9.17) is 13.8 Å². The molecule has 0 aromatic heterocycles. The number of quaternary nitrogens is 1. The highest BCUT2D eigenvalue weighted by Gasteiger charge is 2.30. The van der Waals surface area contributed by atoms with Gasteiger partial charge >= 0.3 is 13.8 Å². The van der Waals surface area contributed by atoms with Crippen molar-refractivity contribution in [3.63, 3.8) is 0 Å². The topological polar surface area (TPSA) is 111 Å². The number of rotatable bonds is 55. The summed E-state index contributed by atoms with van der Waals surface area (Å²) in [6.07, 6.45) is 79.3. The van der Waals surface area contributed by atoms with Gasteiger partial charge in [0.2, 0.25) is 5.91 Å². The molecule has 0 fully saturated rings. The molecular formula is C68H118N2O7P+. The normalized spacial score (nSPS) is 14.5. The van der Waals surface area contributed by atoms with Gasteiger partial charge in [-0.05, 0) is 109 Å². The van der Waals surface area contributed by atoms with Crippen molar-refractivity contribution < 1.29 is 37.3 Å². The van der Waals surface area contributed by atoms with Gasteiger partial charge in [0.15, 0.2) is 0 Å². The molecule has 0 aromatic rings. The number of amides is 1. The van der Waals surface area contributed by atoms with Crippen LogP contribution >= 0.6 is 7.82 Å². The lowest BCUT2D eigenvalue weighted by Crippen LogP contribution is -2.47. The average Bonchev–Trinajstić information content (AvgIpc) is 3.40. The molecule has 0 bridgehead atoms. The van der Waals surface area contributed by atoms with Gasteiger partial charge in [-0.15, -0.1) is 0 Å². The van der Waals surface area contributed by atoms with E-state index in [0.717, 1.165) is 96.3 Å². The molecule has 9 nitrogen and oxygen atoms in total.